The van der Waals surface area contributed by atoms with Gasteiger partial charge in [-0.25, -0.2) is 0 Å². The summed E-state index contributed by atoms with van der Waals surface area (Å²) in [5, 5.41) is 3.46. The molecule has 1 aromatic heterocycles. The van der Waals surface area contributed by atoms with Crippen LogP contribution in [-0.2, 0) is 6.42 Å². The van der Waals surface area contributed by atoms with Gasteiger partial charge in [0, 0.05) is 31.1 Å². The monoisotopic (exact) mass is 193 g/mol. The van der Waals surface area contributed by atoms with Crippen molar-refractivity contribution in [1.29, 1.82) is 0 Å². The number of likely N-dealkylation sites (N-methyl/N-ethyl adjacent to an activating group) is 1. The zero-order chi connectivity index (χ0) is 10.2. The van der Waals surface area contributed by atoms with E-state index in [-0.39, 0.29) is 0 Å². The average molecular weight is 193 g/mol. The lowest BCUT2D eigenvalue weighted by Gasteiger charge is -2.15. The molecule has 1 aromatic rings. The molecule has 1 heterocycles. The molecule has 0 aromatic carbocycles. The van der Waals surface area contributed by atoms with Crippen molar-refractivity contribution in [3.05, 3.63) is 24.3 Å². The number of rotatable bonds is 6. The Hall–Kier alpha value is -0.960. The molecule has 0 aliphatic heterocycles. The minimum atomic E-state index is 0.543. The fourth-order valence-electron chi connectivity index (χ4n) is 1.60. The number of nitrogens with zero attached hydrogens (tertiary/aromatic N) is 2. The summed E-state index contributed by atoms with van der Waals surface area (Å²) < 4.78 is 0. The molecule has 0 aliphatic carbocycles. The number of aromatic nitrogens is 2. The Kier molecular flexibility index (Phi) is 5.15. The predicted octanol–water partition coefficient (Wildman–Crippen LogP) is 1.80. The summed E-state index contributed by atoms with van der Waals surface area (Å²) in [5.41, 5.74) is 1.08. The Morgan fingerprint density at radius 3 is 2.79 bits per heavy atom. The molecular weight excluding hydrogens is 174 g/mol. The van der Waals surface area contributed by atoms with Gasteiger partial charge in [0.05, 0.1) is 5.69 Å². The van der Waals surface area contributed by atoms with Gasteiger partial charge in [-0.05, 0) is 13.0 Å². The number of nitrogens with one attached hydrogen (secondary N) is 1. The summed E-state index contributed by atoms with van der Waals surface area (Å²) in [6.07, 6.45) is 8.70. The van der Waals surface area contributed by atoms with Crippen LogP contribution in [0.1, 0.15) is 32.4 Å². The maximum atomic E-state index is 4.28. The first-order chi connectivity index (χ1) is 6.86. The molecule has 0 saturated carbocycles. The standard InChI is InChI=1S/C11H19N3/c1-3-5-10(13-4-2)8-11-9-12-6-7-14-11/h6-7,9-10,13H,3-5,8H2,1-2H3. The molecule has 3 nitrogen and oxygen atoms in total. The van der Waals surface area contributed by atoms with Crippen molar-refractivity contribution in [2.24, 2.45) is 0 Å². The smallest absolute Gasteiger partial charge is 0.0602 e. The van der Waals surface area contributed by atoms with E-state index in [1.54, 1.807) is 12.4 Å². The minimum Gasteiger partial charge on any atom is -0.314 e. The largest absolute Gasteiger partial charge is 0.314 e. The van der Waals surface area contributed by atoms with Crippen LogP contribution in [0.3, 0.4) is 0 Å². The van der Waals surface area contributed by atoms with Crippen molar-refractivity contribution in [1.82, 2.24) is 15.3 Å². The van der Waals surface area contributed by atoms with E-state index in [0.29, 0.717) is 6.04 Å². The van der Waals surface area contributed by atoms with Crippen LogP contribution in [-0.4, -0.2) is 22.6 Å². The second-order valence-corrected chi connectivity index (χ2v) is 3.44. The molecule has 0 amide bonds. The second-order valence-electron chi connectivity index (χ2n) is 3.44. The van der Waals surface area contributed by atoms with Crippen LogP contribution in [0.2, 0.25) is 0 Å². The minimum absolute atomic E-state index is 0.543. The SMILES string of the molecule is CCCC(Cc1cnccn1)NCC. The third-order valence-corrected chi connectivity index (χ3v) is 2.20. The average Bonchev–Trinajstić information content (AvgIpc) is 2.20. The molecular formula is C11H19N3. The summed E-state index contributed by atoms with van der Waals surface area (Å²) in [5.74, 6) is 0. The lowest BCUT2D eigenvalue weighted by Crippen LogP contribution is -2.31. The first-order valence-corrected chi connectivity index (χ1v) is 5.35. The van der Waals surface area contributed by atoms with Gasteiger partial charge in [-0.3, -0.25) is 9.97 Å². The summed E-state index contributed by atoms with van der Waals surface area (Å²) >= 11 is 0. The fraction of sp³-hybridized carbons (Fsp3) is 0.636. The Balaban J connectivity index is 2.46. The summed E-state index contributed by atoms with van der Waals surface area (Å²) in [4.78, 5) is 8.35. The molecule has 0 fully saturated rings. The van der Waals surface area contributed by atoms with Crippen molar-refractivity contribution >= 4 is 0 Å². The van der Waals surface area contributed by atoms with Gasteiger partial charge in [-0.2, -0.15) is 0 Å². The van der Waals surface area contributed by atoms with Crippen LogP contribution >= 0.6 is 0 Å². The third-order valence-electron chi connectivity index (χ3n) is 2.20. The van der Waals surface area contributed by atoms with E-state index in [1.165, 1.54) is 12.8 Å². The molecule has 1 N–H and O–H groups in total. The molecule has 14 heavy (non-hydrogen) atoms. The Bertz CT molecular complexity index is 230. The fourth-order valence-corrected chi connectivity index (χ4v) is 1.60. The highest BCUT2D eigenvalue weighted by atomic mass is 14.9. The summed E-state index contributed by atoms with van der Waals surface area (Å²) in [6, 6.07) is 0.543. The van der Waals surface area contributed by atoms with Crippen LogP contribution in [0.25, 0.3) is 0 Å². The van der Waals surface area contributed by atoms with Gasteiger partial charge in [0.15, 0.2) is 0 Å². The number of hydrogen-bond acceptors (Lipinski definition) is 3. The van der Waals surface area contributed by atoms with Crippen LogP contribution in [0, 0.1) is 0 Å². The van der Waals surface area contributed by atoms with Crippen LogP contribution in [0.4, 0.5) is 0 Å². The van der Waals surface area contributed by atoms with Gasteiger partial charge in [-0.15, -0.1) is 0 Å². The van der Waals surface area contributed by atoms with Gasteiger partial charge < -0.3 is 5.32 Å². The summed E-state index contributed by atoms with van der Waals surface area (Å²) in [7, 11) is 0. The molecule has 0 saturated heterocycles. The Morgan fingerprint density at radius 2 is 2.21 bits per heavy atom. The molecule has 0 bridgehead atoms. The normalized spacial score (nSPS) is 12.7. The zero-order valence-electron chi connectivity index (χ0n) is 9.03. The van der Waals surface area contributed by atoms with Crippen LogP contribution in [0.5, 0.6) is 0 Å². The third kappa shape index (κ3) is 3.83. The van der Waals surface area contributed by atoms with E-state index < -0.39 is 0 Å². The van der Waals surface area contributed by atoms with E-state index in [1.807, 2.05) is 6.20 Å². The van der Waals surface area contributed by atoms with E-state index in [4.69, 9.17) is 0 Å². The van der Waals surface area contributed by atoms with Gasteiger partial charge >= 0.3 is 0 Å². The van der Waals surface area contributed by atoms with Crippen molar-refractivity contribution in [2.45, 2.75) is 39.2 Å². The summed E-state index contributed by atoms with van der Waals surface area (Å²) in [6.45, 7) is 5.37. The van der Waals surface area contributed by atoms with E-state index in [9.17, 15) is 0 Å². The van der Waals surface area contributed by atoms with Crippen molar-refractivity contribution in [3.8, 4) is 0 Å². The molecule has 78 valence electrons. The predicted molar refractivity (Wildman–Crippen MR) is 58.1 cm³/mol. The van der Waals surface area contributed by atoms with Crippen LogP contribution < -0.4 is 5.32 Å². The molecule has 1 atom stereocenters. The molecule has 0 radical (unpaired) electrons. The van der Waals surface area contributed by atoms with E-state index >= 15 is 0 Å². The Morgan fingerprint density at radius 1 is 1.36 bits per heavy atom. The first-order valence-electron chi connectivity index (χ1n) is 5.35. The highest BCUT2D eigenvalue weighted by Crippen LogP contribution is 2.03. The highest BCUT2D eigenvalue weighted by molar-refractivity contribution is 4.97. The number of hydrogen-bond donors (Lipinski definition) is 1. The molecule has 3 heteroatoms. The highest BCUT2D eigenvalue weighted by Gasteiger charge is 2.07. The molecule has 1 unspecified atom stereocenters. The molecule has 0 aliphatic rings. The quantitative estimate of drug-likeness (QED) is 0.748. The van der Waals surface area contributed by atoms with Crippen molar-refractivity contribution < 1.29 is 0 Å². The topological polar surface area (TPSA) is 37.8 Å². The zero-order valence-corrected chi connectivity index (χ0v) is 9.03. The van der Waals surface area contributed by atoms with Crippen molar-refractivity contribution in [2.75, 3.05) is 6.54 Å². The van der Waals surface area contributed by atoms with Gasteiger partial charge in [0.1, 0.15) is 0 Å². The second kappa shape index (κ2) is 6.49. The Labute approximate surface area is 86.0 Å². The first kappa shape index (κ1) is 11.1. The maximum absolute atomic E-state index is 4.28. The van der Waals surface area contributed by atoms with Crippen LogP contribution in [0.15, 0.2) is 18.6 Å². The lowest BCUT2D eigenvalue weighted by atomic mass is 10.1. The van der Waals surface area contributed by atoms with Gasteiger partial charge in [0.2, 0.25) is 0 Å². The maximum Gasteiger partial charge on any atom is 0.0602 e. The van der Waals surface area contributed by atoms with Crippen molar-refractivity contribution in [3.63, 3.8) is 0 Å². The molecule has 1 rings (SSSR count). The van der Waals surface area contributed by atoms with E-state index in [0.717, 1.165) is 18.7 Å². The lowest BCUT2D eigenvalue weighted by molar-refractivity contribution is 0.481. The van der Waals surface area contributed by atoms with Gasteiger partial charge in [0.25, 0.3) is 0 Å². The molecule has 0 spiro atoms. The van der Waals surface area contributed by atoms with Gasteiger partial charge in [-0.1, -0.05) is 20.3 Å². The van der Waals surface area contributed by atoms with E-state index in [2.05, 4.69) is 29.1 Å².